The first-order valence-corrected chi connectivity index (χ1v) is 11.2. The van der Waals surface area contributed by atoms with Gasteiger partial charge in [-0.1, -0.05) is 49.7 Å². The summed E-state index contributed by atoms with van der Waals surface area (Å²) in [6.07, 6.45) is 1.66. The van der Waals surface area contributed by atoms with E-state index in [0.717, 1.165) is 0 Å². The summed E-state index contributed by atoms with van der Waals surface area (Å²) in [6.45, 7) is 6.08. The number of rotatable bonds is 8. The summed E-state index contributed by atoms with van der Waals surface area (Å²) < 4.78 is 10.5. The summed E-state index contributed by atoms with van der Waals surface area (Å²) in [6, 6.07) is 13.8. The van der Waals surface area contributed by atoms with Gasteiger partial charge in [-0.05, 0) is 48.7 Å². The van der Waals surface area contributed by atoms with Crippen LogP contribution in [0.2, 0.25) is 5.02 Å². The number of halogens is 1. The molecule has 0 saturated heterocycles. The van der Waals surface area contributed by atoms with E-state index < -0.39 is 5.97 Å². The molecule has 1 heterocycles. The van der Waals surface area contributed by atoms with Gasteiger partial charge in [-0.15, -0.1) is 0 Å². The smallest absolute Gasteiger partial charge is 0.340 e. The van der Waals surface area contributed by atoms with Gasteiger partial charge in [0.25, 0.3) is 11.8 Å². The highest BCUT2D eigenvalue weighted by Gasteiger charge is 2.37. The number of ether oxygens (including phenoxy) is 2. The molecule has 7 nitrogen and oxygen atoms in total. The topological polar surface area (TPSA) is 84.9 Å². The number of hydrogen-bond donors (Lipinski definition) is 1. The van der Waals surface area contributed by atoms with Crippen molar-refractivity contribution in [2.45, 2.75) is 20.8 Å². The predicted octanol–water partition coefficient (Wildman–Crippen LogP) is 4.69. The number of carbonyl (C=O) groups excluding carboxylic acids is 3. The number of hydrogen-bond acceptors (Lipinski definition) is 5. The number of esters is 1. The van der Waals surface area contributed by atoms with Crippen molar-refractivity contribution in [1.82, 2.24) is 4.90 Å². The number of para-hydroxylation sites is 1. The van der Waals surface area contributed by atoms with E-state index in [1.54, 1.807) is 66.4 Å². The SMILES string of the molecule is COC(=O)C1=C(C)N(CC(C)C)C(=O)/C1=C\c1ccc(OCC(=O)Nc2ccccc2Cl)cc1. The van der Waals surface area contributed by atoms with Crippen LogP contribution in [0.25, 0.3) is 6.08 Å². The van der Waals surface area contributed by atoms with Crippen LogP contribution in [0.15, 0.2) is 65.4 Å². The Balaban J connectivity index is 1.71. The third-order valence-corrected chi connectivity index (χ3v) is 5.49. The molecule has 34 heavy (non-hydrogen) atoms. The fourth-order valence-electron chi connectivity index (χ4n) is 3.54. The van der Waals surface area contributed by atoms with Crippen molar-refractivity contribution in [3.05, 3.63) is 76.0 Å². The molecule has 1 aliphatic rings. The molecule has 2 aromatic carbocycles. The van der Waals surface area contributed by atoms with Gasteiger partial charge < -0.3 is 19.7 Å². The molecule has 0 aliphatic carbocycles. The molecule has 0 unspecified atom stereocenters. The Morgan fingerprint density at radius 2 is 1.79 bits per heavy atom. The van der Waals surface area contributed by atoms with Crippen molar-refractivity contribution in [1.29, 1.82) is 0 Å². The Kier molecular flexibility index (Phi) is 8.12. The molecular formula is C26H27ClN2O5. The van der Waals surface area contributed by atoms with Crippen molar-refractivity contribution in [2.75, 3.05) is 25.6 Å². The van der Waals surface area contributed by atoms with Crippen LogP contribution < -0.4 is 10.1 Å². The van der Waals surface area contributed by atoms with Crippen LogP contribution in [-0.4, -0.2) is 42.9 Å². The fourth-order valence-corrected chi connectivity index (χ4v) is 3.72. The van der Waals surface area contributed by atoms with Crippen LogP contribution in [0.4, 0.5) is 5.69 Å². The van der Waals surface area contributed by atoms with Gasteiger partial charge in [0.2, 0.25) is 0 Å². The van der Waals surface area contributed by atoms with Gasteiger partial charge in [-0.2, -0.15) is 0 Å². The standard InChI is InChI=1S/C26H27ClN2O5/c1-16(2)14-29-17(3)24(26(32)33-4)20(25(29)31)13-18-9-11-19(12-10-18)34-15-23(30)28-22-8-6-5-7-21(22)27/h5-13,16H,14-15H2,1-4H3,(H,28,30)/b20-13-. The molecule has 0 bridgehead atoms. The zero-order chi connectivity index (χ0) is 24.8. The van der Waals surface area contributed by atoms with Gasteiger partial charge in [0.15, 0.2) is 6.61 Å². The first-order valence-electron chi connectivity index (χ1n) is 10.8. The molecule has 3 rings (SSSR count). The van der Waals surface area contributed by atoms with Gasteiger partial charge in [0.05, 0.1) is 29.0 Å². The zero-order valence-electron chi connectivity index (χ0n) is 19.6. The minimum absolute atomic E-state index is 0.192. The van der Waals surface area contributed by atoms with Crippen LogP contribution >= 0.6 is 11.6 Å². The van der Waals surface area contributed by atoms with E-state index in [1.807, 2.05) is 13.8 Å². The highest BCUT2D eigenvalue weighted by atomic mass is 35.5. The van der Waals surface area contributed by atoms with Crippen LogP contribution in [0.1, 0.15) is 26.3 Å². The number of allylic oxidation sites excluding steroid dienone is 1. The molecule has 0 atom stereocenters. The second-order valence-corrected chi connectivity index (χ2v) is 8.61. The van der Waals surface area contributed by atoms with Crippen molar-refractivity contribution in [3.63, 3.8) is 0 Å². The quantitative estimate of drug-likeness (QED) is 0.436. The summed E-state index contributed by atoms with van der Waals surface area (Å²) in [4.78, 5) is 39.2. The third kappa shape index (κ3) is 5.85. The lowest BCUT2D eigenvalue weighted by atomic mass is 10.0. The van der Waals surface area contributed by atoms with E-state index in [-0.39, 0.29) is 35.5 Å². The molecule has 1 aliphatic heterocycles. The van der Waals surface area contributed by atoms with E-state index in [2.05, 4.69) is 5.32 Å². The van der Waals surface area contributed by atoms with Crippen LogP contribution in [-0.2, 0) is 19.1 Å². The molecule has 8 heteroatoms. The molecule has 0 radical (unpaired) electrons. The maximum absolute atomic E-state index is 13.0. The molecule has 1 N–H and O–H groups in total. The zero-order valence-corrected chi connectivity index (χ0v) is 20.3. The van der Waals surface area contributed by atoms with Crippen molar-refractivity contribution in [3.8, 4) is 5.75 Å². The maximum Gasteiger partial charge on any atom is 0.340 e. The van der Waals surface area contributed by atoms with E-state index >= 15 is 0 Å². The molecule has 2 aromatic rings. The fraction of sp³-hybridized carbons (Fsp3) is 0.269. The average molecular weight is 483 g/mol. The lowest BCUT2D eigenvalue weighted by molar-refractivity contribution is -0.136. The first-order chi connectivity index (χ1) is 16.2. The summed E-state index contributed by atoms with van der Waals surface area (Å²) in [5.41, 5.74) is 2.36. The minimum Gasteiger partial charge on any atom is -0.484 e. The van der Waals surface area contributed by atoms with E-state index in [1.165, 1.54) is 7.11 Å². The molecule has 0 saturated carbocycles. The van der Waals surface area contributed by atoms with Crippen molar-refractivity contribution < 1.29 is 23.9 Å². The molecule has 0 spiro atoms. The Morgan fingerprint density at radius 1 is 1.12 bits per heavy atom. The number of anilines is 1. The van der Waals surface area contributed by atoms with Crippen LogP contribution in [0.3, 0.4) is 0 Å². The second kappa shape index (κ2) is 11.0. The number of nitrogens with one attached hydrogen (secondary N) is 1. The summed E-state index contributed by atoms with van der Waals surface area (Å²) >= 11 is 6.04. The normalized spacial score (nSPS) is 14.7. The lowest BCUT2D eigenvalue weighted by Crippen LogP contribution is -2.28. The molecular weight excluding hydrogens is 456 g/mol. The number of carbonyl (C=O) groups is 3. The van der Waals surface area contributed by atoms with Crippen molar-refractivity contribution in [2.24, 2.45) is 5.92 Å². The highest BCUT2D eigenvalue weighted by molar-refractivity contribution is 6.33. The van der Waals surface area contributed by atoms with Crippen LogP contribution in [0, 0.1) is 5.92 Å². The van der Waals surface area contributed by atoms with Gasteiger partial charge in [0, 0.05) is 12.2 Å². The van der Waals surface area contributed by atoms with Gasteiger partial charge in [0.1, 0.15) is 5.75 Å². The number of amides is 2. The monoisotopic (exact) mass is 482 g/mol. The number of methoxy groups -OCH3 is 1. The summed E-state index contributed by atoms with van der Waals surface area (Å²) in [5.74, 6) is -0.403. The molecule has 0 aromatic heterocycles. The number of benzene rings is 2. The lowest BCUT2D eigenvalue weighted by Gasteiger charge is -2.19. The summed E-state index contributed by atoms with van der Waals surface area (Å²) in [5, 5.41) is 3.13. The second-order valence-electron chi connectivity index (χ2n) is 8.21. The maximum atomic E-state index is 13.0. The Labute approximate surface area is 204 Å². The van der Waals surface area contributed by atoms with E-state index in [9.17, 15) is 14.4 Å². The van der Waals surface area contributed by atoms with Gasteiger partial charge in [-0.3, -0.25) is 9.59 Å². The third-order valence-electron chi connectivity index (χ3n) is 5.16. The first kappa shape index (κ1) is 25.1. The Bertz CT molecular complexity index is 1150. The van der Waals surface area contributed by atoms with Gasteiger partial charge in [-0.25, -0.2) is 4.79 Å². The molecule has 178 valence electrons. The average Bonchev–Trinajstić information content (AvgIpc) is 3.03. The predicted molar refractivity (Wildman–Crippen MR) is 131 cm³/mol. The summed E-state index contributed by atoms with van der Waals surface area (Å²) in [7, 11) is 1.30. The van der Waals surface area contributed by atoms with E-state index in [4.69, 9.17) is 21.1 Å². The van der Waals surface area contributed by atoms with Gasteiger partial charge >= 0.3 is 5.97 Å². The number of nitrogens with zero attached hydrogens (tertiary/aromatic N) is 1. The van der Waals surface area contributed by atoms with E-state index in [0.29, 0.717) is 34.3 Å². The Hall–Kier alpha value is -3.58. The highest BCUT2D eigenvalue weighted by Crippen LogP contribution is 2.32. The Morgan fingerprint density at radius 3 is 2.41 bits per heavy atom. The largest absolute Gasteiger partial charge is 0.484 e. The minimum atomic E-state index is -0.548. The molecule has 2 amide bonds. The van der Waals surface area contributed by atoms with Crippen molar-refractivity contribution >= 4 is 41.1 Å². The molecule has 0 fully saturated rings. The van der Waals surface area contributed by atoms with Crippen LogP contribution in [0.5, 0.6) is 5.75 Å².